The van der Waals surface area contributed by atoms with Gasteiger partial charge in [-0.05, 0) is 49.6 Å². The third kappa shape index (κ3) is 4.64. The second-order valence-corrected chi connectivity index (χ2v) is 8.73. The molecule has 7 heteroatoms. The Hall–Kier alpha value is -1.53. The van der Waals surface area contributed by atoms with Crippen molar-refractivity contribution in [3.05, 3.63) is 54.1 Å². The lowest BCUT2D eigenvalue weighted by Crippen LogP contribution is -2.42. The van der Waals surface area contributed by atoms with Crippen molar-refractivity contribution >= 4 is 51.5 Å². The first kappa shape index (κ1) is 22.2. The maximum atomic E-state index is 6.14. The zero-order valence-corrected chi connectivity index (χ0v) is 18.9. The van der Waals surface area contributed by atoms with Crippen LogP contribution in [0.2, 0.25) is 0 Å². The quantitative estimate of drug-likeness (QED) is 0.541. The van der Waals surface area contributed by atoms with Crippen LogP contribution in [-0.4, -0.2) is 42.8 Å². The van der Waals surface area contributed by atoms with Crippen LogP contribution in [0.15, 0.2) is 48.5 Å². The molecule has 2 aliphatic heterocycles. The molecule has 156 valence electrons. The van der Waals surface area contributed by atoms with E-state index in [0.717, 1.165) is 43.2 Å². The number of nitrogens with zero attached hydrogens (tertiary/aromatic N) is 3. The lowest BCUT2D eigenvalue weighted by atomic mass is 9.96. The molecule has 4 nitrogen and oxygen atoms in total. The van der Waals surface area contributed by atoms with Gasteiger partial charge in [-0.1, -0.05) is 41.7 Å². The Morgan fingerprint density at radius 2 is 1.79 bits per heavy atom. The molecule has 0 radical (unpaired) electrons. The zero-order valence-electron chi connectivity index (χ0n) is 16.5. The van der Waals surface area contributed by atoms with Crippen molar-refractivity contribution < 1.29 is 4.74 Å². The number of halogens is 2. The number of piperidine rings is 1. The fourth-order valence-corrected chi connectivity index (χ4v) is 5.25. The summed E-state index contributed by atoms with van der Waals surface area (Å²) in [5, 5.41) is 1.18. The van der Waals surface area contributed by atoms with Crippen LogP contribution in [0.5, 0.6) is 5.75 Å². The molecule has 1 atom stereocenters. The number of likely N-dealkylation sites (N-methyl/N-ethyl adjacent to an activating group) is 1. The predicted octanol–water partition coefficient (Wildman–Crippen LogP) is 5.25. The van der Waals surface area contributed by atoms with Crippen LogP contribution < -0.4 is 9.64 Å². The number of rotatable bonds is 4. The van der Waals surface area contributed by atoms with E-state index in [1.54, 1.807) is 0 Å². The molecule has 3 heterocycles. The van der Waals surface area contributed by atoms with E-state index in [2.05, 4.69) is 65.4 Å². The molecule has 3 aromatic rings. The summed E-state index contributed by atoms with van der Waals surface area (Å²) in [5.41, 5.74) is 2.46. The highest BCUT2D eigenvalue weighted by molar-refractivity contribution is 7.22. The second kappa shape index (κ2) is 9.52. The summed E-state index contributed by atoms with van der Waals surface area (Å²) in [4.78, 5) is 9.68. The van der Waals surface area contributed by atoms with Gasteiger partial charge in [0, 0.05) is 26.1 Å². The van der Waals surface area contributed by atoms with Crippen molar-refractivity contribution in [1.29, 1.82) is 0 Å². The van der Waals surface area contributed by atoms with Crippen LogP contribution in [0.4, 0.5) is 5.13 Å². The molecule has 0 amide bonds. The third-order valence-electron chi connectivity index (χ3n) is 5.84. The summed E-state index contributed by atoms with van der Waals surface area (Å²) in [5.74, 6) is 1.79. The maximum absolute atomic E-state index is 6.14. The van der Waals surface area contributed by atoms with Crippen molar-refractivity contribution in [3.63, 3.8) is 0 Å². The van der Waals surface area contributed by atoms with Gasteiger partial charge in [-0.15, -0.1) is 24.8 Å². The van der Waals surface area contributed by atoms with Crippen LogP contribution in [0.25, 0.3) is 10.2 Å². The van der Waals surface area contributed by atoms with Gasteiger partial charge in [-0.3, -0.25) is 4.90 Å². The van der Waals surface area contributed by atoms with Crippen molar-refractivity contribution in [2.75, 3.05) is 31.6 Å². The van der Waals surface area contributed by atoms with Crippen molar-refractivity contribution in [1.82, 2.24) is 9.88 Å². The van der Waals surface area contributed by atoms with E-state index >= 15 is 0 Å². The molecule has 2 aromatic carbocycles. The van der Waals surface area contributed by atoms with Gasteiger partial charge in [0.2, 0.25) is 0 Å². The minimum absolute atomic E-state index is 0. The Labute approximate surface area is 188 Å². The number of hydrogen-bond donors (Lipinski definition) is 0. The Morgan fingerprint density at radius 3 is 2.55 bits per heavy atom. The fraction of sp³-hybridized carbons (Fsp3) is 0.409. The first-order valence-corrected chi connectivity index (χ1v) is 10.6. The SMILES string of the molecule is CN(CC1CCN(c2nc3ccccc3s2)CC1)C1Cc2ccccc2O1.Cl.Cl. The molecule has 1 aromatic heterocycles. The van der Waals surface area contributed by atoms with Crippen molar-refractivity contribution in [3.8, 4) is 5.75 Å². The summed E-state index contributed by atoms with van der Waals surface area (Å²) in [6.45, 7) is 3.31. The minimum Gasteiger partial charge on any atom is -0.474 e. The van der Waals surface area contributed by atoms with E-state index < -0.39 is 0 Å². The van der Waals surface area contributed by atoms with Gasteiger partial charge in [0.25, 0.3) is 0 Å². The van der Waals surface area contributed by atoms with Crippen LogP contribution >= 0.6 is 36.2 Å². The zero-order chi connectivity index (χ0) is 18.2. The molecule has 0 saturated carbocycles. The number of fused-ring (bicyclic) bond motifs is 2. The van der Waals surface area contributed by atoms with Gasteiger partial charge in [-0.2, -0.15) is 0 Å². The molecule has 0 aliphatic carbocycles. The monoisotopic (exact) mass is 451 g/mol. The Kier molecular flexibility index (Phi) is 7.28. The number of para-hydroxylation sites is 2. The highest BCUT2D eigenvalue weighted by Gasteiger charge is 2.29. The molecule has 1 unspecified atom stereocenters. The minimum atomic E-state index is 0. The number of anilines is 1. The summed E-state index contributed by atoms with van der Waals surface area (Å²) < 4.78 is 7.43. The average Bonchev–Trinajstić information content (AvgIpc) is 3.32. The lowest BCUT2D eigenvalue weighted by Gasteiger charge is -2.35. The molecule has 0 N–H and O–H groups in total. The van der Waals surface area contributed by atoms with Gasteiger partial charge in [0.05, 0.1) is 10.2 Å². The Morgan fingerprint density at radius 1 is 1.07 bits per heavy atom. The third-order valence-corrected chi connectivity index (χ3v) is 6.93. The van der Waals surface area contributed by atoms with Gasteiger partial charge in [0.1, 0.15) is 5.75 Å². The normalized spacial score (nSPS) is 18.8. The van der Waals surface area contributed by atoms with Crippen LogP contribution in [0, 0.1) is 5.92 Å². The molecule has 1 saturated heterocycles. The van der Waals surface area contributed by atoms with E-state index in [1.807, 2.05) is 11.3 Å². The average molecular weight is 452 g/mol. The van der Waals surface area contributed by atoms with Gasteiger partial charge >= 0.3 is 0 Å². The number of ether oxygens (including phenoxy) is 1. The molecular weight excluding hydrogens is 425 g/mol. The first-order chi connectivity index (χ1) is 13.3. The highest BCUT2D eigenvalue weighted by Crippen LogP contribution is 2.33. The summed E-state index contributed by atoms with van der Waals surface area (Å²) >= 11 is 1.82. The largest absolute Gasteiger partial charge is 0.474 e. The Balaban J connectivity index is 0.00000120. The molecule has 0 bridgehead atoms. The number of hydrogen-bond acceptors (Lipinski definition) is 5. The summed E-state index contributed by atoms with van der Waals surface area (Å²) in [7, 11) is 2.20. The van der Waals surface area contributed by atoms with Crippen LogP contribution in [-0.2, 0) is 6.42 Å². The highest BCUT2D eigenvalue weighted by atomic mass is 35.5. The first-order valence-electron chi connectivity index (χ1n) is 9.81. The van der Waals surface area contributed by atoms with Gasteiger partial charge < -0.3 is 9.64 Å². The van der Waals surface area contributed by atoms with Crippen molar-refractivity contribution in [2.45, 2.75) is 25.5 Å². The summed E-state index contributed by atoms with van der Waals surface area (Å²) in [6, 6.07) is 16.8. The van der Waals surface area contributed by atoms with E-state index in [4.69, 9.17) is 9.72 Å². The summed E-state index contributed by atoms with van der Waals surface area (Å²) in [6.07, 6.45) is 3.63. The molecule has 0 spiro atoms. The molecule has 5 rings (SSSR count). The van der Waals surface area contributed by atoms with Crippen LogP contribution in [0.1, 0.15) is 18.4 Å². The number of aromatic nitrogens is 1. The molecule has 2 aliphatic rings. The Bertz CT molecular complexity index is 884. The number of thiazole rings is 1. The molecule has 1 fully saturated rings. The van der Waals surface area contributed by atoms with E-state index in [1.165, 1.54) is 28.2 Å². The number of benzene rings is 2. The van der Waals surface area contributed by atoms with E-state index in [-0.39, 0.29) is 31.0 Å². The topological polar surface area (TPSA) is 28.6 Å². The molecule has 29 heavy (non-hydrogen) atoms. The van der Waals surface area contributed by atoms with E-state index in [9.17, 15) is 0 Å². The molecular formula is C22H27Cl2N3OS. The van der Waals surface area contributed by atoms with Crippen molar-refractivity contribution in [2.24, 2.45) is 5.92 Å². The van der Waals surface area contributed by atoms with Gasteiger partial charge in [0.15, 0.2) is 11.4 Å². The van der Waals surface area contributed by atoms with Gasteiger partial charge in [-0.25, -0.2) is 4.98 Å². The van der Waals surface area contributed by atoms with E-state index in [0.29, 0.717) is 0 Å². The lowest BCUT2D eigenvalue weighted by molar-refractivity contribution is 0.0490. The van der Waals surface area contributed by atoms with Crippen LogP contribution in [0.3, 0.4) is 0 Å². The standard InChI is InChI=1S/C22H25N3OS.2ClH/c1-24(21-14-17-6-2-4-8-19(17)26-21)15-16-10-12-25(13-11-16)22-23-18-7-3-5-9-20(18)27-22;;/h2-9,16,21H,10-15H2,1H3;2*1H. The second-order valence-electron chi connectivity index (χ2n) is 7.72. The smallest absolute Gasteiger partial charge is 0.186 e. The fourth-order valence-electron chi connectivity index (χ4n) is 4.24. The maximum Gasteiger partial charge on any atom is 0.186 e. The predicted molar refractivity (Wildman–Crippen MR) is 126 cm³/mol.